The van der Waals surface area contributed by atoms with E-state index in [0.29, 0.717) is 16.0 Å². The highest BCUT2D eigenvalue weighted by Gasteiger charge is 2.10. The van der Waals surface area contributed by atoms with E-state index in [0.717, 1.165) is 0 Å². The average molecular weight is 325 g/mol. The molecule has 2 rings (SSSR count). The first kappa shape index (κ1) is 13.3. The number of hydrogen-bond donors (Lipinski definition) is 1. The minimum absolute atomic E-state index is 0.0363. The van der Waals surface area contributed by atoms with E-state index in [1.165, 1.54) is 12.3 Å². The van der Waals surface area contributed by atoms with Crippen molar-refractivity contribution in [2.45, 2.75) is 0 Å². The van der Waals surface area contributed by atoms with Crippen LogP contribution in [0.15, 0.2) is 34.9 Å². The second-order valence-electron chi connectivity index (χ2n) is 3.43. The highest BCUT2D eigenvalue weighted by atomic mass is 79.9. The molecule has 19 heavy (non-hydrogen) atoms. The van der Waals surface area contributed by atoms with Crippen LogP contribution in [-0.2, 0) is 0 Å². The van der Waals surface area contributed by atoms with Gasteiger partial charge in [-0.3, -0.25) is 0 Å². The average Bonchev–Trinajstić information content (AvgIpc) is 2.41. The van der Waals surface area contributed by atoms with Gasteiger partial charge >= 0.3 is 12.0 Å². The quantitative estimate of drug-likeness (QED) is 0.931. The largest absolute Gasteiger partial charge is 0.497 e. The molecule has 0 atom stereocenters. The fourth-order valence-corrected chi connectivity index (χ4v) is 1.74. The molecule has 7 heteroatoms. The van der Waals surface area contributed by atoms with Crippen LogP contribution in [0.5, 0.6) is 17.5 Å². The number of aromatic carboxylic acids is 1. The molecule has 1 aromatic heterocycles. The van der Waals surface area contributed by atoms with Crippen LogP contribution in [0.4, 0.5) is 0 Å². The van der Waals surface area contributed by atoms with Crippen LogP contribution >= 0.6 is 15.9 Å². The number of hydrogen-bond acceptors (Lipinski definition) is 5. The third kappa shape index (κ3) is 3.19. The number of carboxylic acid groups (broad SMARTS) is 1. The van der Waals surface area contributed by atoms with Crippen LogP contribution in [0, 0.1) is 0 Å². The number of benzene rings is 1. The smallest absolute Gasteiger partial charge is 0.354 e. The maximum Gasteiger partial charge on any atom is 0.354 e. The van der Waals surface area contributed by atoms with Crippen LogP contribution in [0.2, 0.25) is 0 Å². The van der Waals surface area contributed by atoms with Gasteiger partial charge in [-0.1, -0.05) is 0 Å². The molecule has 0 fully saturated rings. The number of halogens is 1. The molecule has 0 spiro atoms. The number of nitrogens with zero attached hydrogens (tertiary/aromatic N) is 2. The summed E-state index contributed by atoms with van der Waals surface area (Å²) in [5.41, 5.74) is -0.130. The Morgan fingerprint density at radius 1 is 1.37 bits per heavy atom. The van der Waals surface area contributed by atoms with Crippen LogP contribution in [0.25, 0.3) is 0 Å². The van der Waals surface area contributed by atoms with Crippen LogP contribution < -0.4 is 9.47 Å². The lowest BCUT2D eigenvalue weighted by Crippen LogP contribution is -2.02. The molecular weight excluding hydrogens is 316 g/mol. The molecule has 0 radical (unpaired) electrons. The van der Waals surface area contributed by atoms with E-state index in [2.05, 4.69) is 25.9 Å². The summed E-state index contributed by atoms with van der Waals surface area (Å²) in [6.45, 7) is 0. The second kappa shape index (κ2) is 5.66. The van der Waals surface area contributed by atoms with Gasteiger partial charge in [0.15, 0.2) is 5.69 Å². The van der Waals surface area contributed by atoms with Crippen molar-refractivity contribution in [3.63, 3.8) is 0 Å². The van der Waals surface area contributed by atoms with Crippen molar-refractivity contribution in [1.29, 1.82) is 0 Å². The standard InChI is InChI=1S/C12H9BrN2O4/c1-18-7-2-3-10(8(13)6-7)19-12-14-5-4-9(15-12)11(16)17/h2-6H,1H3,(H,16,17). The molecule has 6 nitrogen and oxygen atoms in total. The molecule has 0 aliphatic heterocycles. The van der Waals surface area contributed by atoms with E-state index in [-0.39, 0.29) is 11.7 Å². The summed E-state index contributed by atoms with van der Waals surface area (Å²) < 4.78 is 11.1. The molecule has 0 bridgehead atoms. The maximum absolute atomic E-state index is 10.8. The number of carboxylic acids is 1. The Morgan fingerprint density at radius 3 is 2.79 bits per heavy atom. The van der Waals surface area contributed by atoms with Gasteiger partial charge in [0.25, 0.3) is 0 Å². The van der Waals surface area contributed by atoms with Crippen molar-refractivity contribution in [3.8, 4) is 17.5 Å². The van der Waals surface area contributed by atoms with Crippen LogP contribution in [0.3, 0.4) is 0 Å². The predicted octanol–water partition coefficient (Wildman–Crippen LogP) is 2.74. The van der Waals surface area contributed by atoms with E-state index >= 15 is 0 Å². The summed E-state index contributed by atoms with van der Waals surface area (Å²) >= 11 is 3.32. The summed E-state index contributed by atoms with van der Waals surface area (Å²) in [6.07, 6.45) is 1.32. The summed E-state index contributed by atoms with van der Waals surface area (Å²) in [5.74, 6) is -0.0104. The van der Waals surface area contributed by atoms with Gasteiger partial charge in [-0.2, -0.15) is 4.98 Å². The zero-order valence-electron chi connectivity index (χ0n) is 9.83. The Morgan fingerprint density at radius 2 is 2.16 bits per heavy atom. The van der Waals surface area contributed by atoms with Crippen LogP contribution in [-0.4, -0.2) is 28.2 Å². The highest BCUT2D eigenvalue weighted by molar-refractivity contribution is 9.10. The third-order valence-electron chi connectivity index (χ3n) is 2.19. The van der Waals surface area contributed by atoms with Crippen molar-refractivity contribution in [2.75, 3.05) is 7.11 Å². The van der Waals surface area contributed by atoms with E-state index < -0.39 is 5.97 Å². The van der Waals surface area contributed by atoms with E-state index in [1.54, 1.807) is 25.3 Å². The van der Waals surface area contributed by atoms with Gasteiger partial charge in [-0.25, -0.2) is 9.78 Å². The van der Waals surface area contributed by atoms with Gasteiger partial charge in [0.1, 0.15) is 11.5 Å². The molecule has 0 unspecified atom stereocenters. The first-order valence-corrected chi connectivity index (χ1v) is 5.97. The summed E-state index contributed by atoms with van der Waals surface area (Å²) in [4.78, 5) is 18.4. The SMILES string of the molecule is COc1ccc(Oc2nccc(C(=O)O)n2)c(Br)c1. The van der Waals surface area contributed by atoms with E-state index in [4.69, 9.17) is 14.6 Å². The lowest BCUT2D eigenvalue weighted by molar-refractivity contribution is 0.0689. The van der Waals surface area contributed by atoms with Crippen molar-refractivity contribution in [3.05, 3.63) is 40.6 Å². The predicted molar refractivity (Wildman–Crippen MR) is 69.8 cm³/mol. The van der Waals surface area contributed by atoms with E-state index in [1.807, 2.05) is 0 Å². The van der Waals surface area contributed by atoms with Gasteiger partial charge in [-0.15, -0.1) is 0 Å². The topological polar surface area (TPSA) is 81.5 Å². The van der Waals surface area contributed by atoms with E-state index in [9.17, 15) is 4.79 Å². The Labute approximate surface area is 117 Å². The fraction of sp³-hybridized carbons (Fsp3) is 0.0833. The van der Waals surface area contributed by atoms with Crippen LogP contribution in [0.1, 0.15) is 10.5 Å². The zero-order chi connectivity index (χ0) is 13.8. The van der Waals surface area contributed by atoms with Gasteiger partial charge in [0.05, 0.1) is 11.6 Å². The number of rotatable bonds is 4. The van der Waals surface area contributed by atoms with Gasteiger partial charge in [-0.05, 0) is 40.2 Å². The molecule has 1 aromatic carbocycles. The number of ether oxygens (including phenoxy) is 2. The number of aromatic nitrogens is 2. The van der Waals surface area contributed by atoms with Gasteiger partial charge < -0.3 is 14.6 Å². The maximum atomic E-state index is 10.8. The van der Waals surface area contributed by atoms with Gasteiger partial charge in [0.2, 0.25) is 0 Å². The Hall–Kier alpha value is -2.15. The molecule has 0 saturated heterocycles. The zero-order valence-corrected chi connectivity index (χ0v) is 11.4. The fourth-order valence-electron chi connectivity index (χ4n) is 1.30. The van der Waals surface area contributed by atoms with Crippen molar-refractivity contribution < 1.29 is 19.4 Å². The van der Waals surface area contributed by atoms with Crippen molar-refractivity contribution >= 4 is 21.9 Å². The minimum Gasteiger partial charge on any atom is -0.497 e. The number of carbonyl (C=O) groups is 1. The molecule has 2 aromatic rings. The first-order chi connectivity index (χ1) is 9.10. The molecule has 0 saturated carbocycles. The second-order valence-corrected chi connectivity index (χ2v) is 4.28. The highest BCUT2D eigenvalue weighted by Crippen LogP contribution is 2.31. The Kier molecular flexibility index (Phi) is 3.96. The Balaban J connectivity index is 2.26. The molecule has 0 aliphatic carbocycles. The van der Waals surface area contributed by atoms with Crippen molar-refractivity contribution in [1.82, 2.24) is 9.97 Å². The number of methoxy groups -OCH3 is 1. The van der Waals surface area contributed by atoms with Gasteiger partial charge in [0, 0.05) is 6.20 Å². The molecule has 1 N–H and O–H groups in total. The molecule has 98 valence electrons. The van der Waals surface area contributed by atoms with Crippen molar-refractivity contribution in [2.24, 2.45) is 0 Å². The lowest BCUT2D eigenvalue weighted by Gasteiger charge is -2.07. The third-order valence-corrected chi connectivity index (χ3v) is 2.81. The summed E-state index contributed by atoms with van der Waals surface area (Å²) in [6, 6.07) is 6.35. The summed E-state index contributed by atoms with van der Waals surface area (Å²) in [5, 5.41) is 8.83. The monoisotopic (exact) mass is 324 g/mol. The molecule has 0 aliphatic rings. The molecule has 1 heterocycles. The summed E-state index contributed by atoms with van der Waals surface area (Å²) in [7, 11) is 1.56. The Bertz CT molecular complexity index is 618. The lowest BCUT2D eigenvalue weighted by atomic mass is 10.3. The first-order valence-electron chi connectivity index (χ1n) is 5.18. The normalized spacial score (nSPS) is 10.0. The minimum atomic E-state index is -1.14. The molecule has 0 amide bonds. The molecular formula is C12H9BrN2O4.